The van der Waals surface area contributed by atoms with Crippen LogP contribution in [0.5, 0.6) is 0 Å². The van der Waals surface area contributed by atoms with E-state index in [-0.39, 0.29) is 27.8 Å². The highest BCUT2D eigenvalue weighted by molar-refractivity contribution is 9.10. The van der Waals surface area contributed by atoms with Gasteiger partial charge in [-0.1, -0.05) is 232 Å². The van der Waals surface area contributed by atoms with Gasteiger partial charge in [0.15, 0.2) is 11.6 Å². The van der Waals surface area contributed by atoms with E-state index in [4.69, 9.17) is 33.7 Å². The molecule has 0 saturated carbocycles. The van der Waals surface area contributed by atoms with Crippen molar-refractivity contribution in [3.05, 3.63) is 382 Å². The molecule has 128 heavy (non-hydrogen) atoms. The summed E-state index contributed by atoms with van der Waals surface area (Å²) in [6, 6.07) is 116. The van der Waals surface area contributed by atoms with Crippen molar-refractivity contribution in [1.29, 1.82) is 0 Å². The number of rotatable bonds is 8. The Hall–Kier alpha value is -14.8. The van der Waals surface area contributed by atoms with Gasteiger partial charge in [0.2, 0.25) is 0 Å². The summed E-state index contributed by atoms with van der Waals surface area (Å²) in [5, 5.41) is 21.4. The van der Waals surface area contributed by atoms with E-state index in [2.05, 4.69) is 360 Å². The largest absolute Gasteiger partial charge is 0.456 e. The Labute approximate surface area is 750 Å². The lowest BCUT2D eigenvalue weighted by Gasteiger charge is -2.28. The van der Waals surface area contributed by atoms with E-state index < -0.39 is 0 Å². The monoisotopic (exact) mass is 1740 g/mol. The number of anilines is 8. The summed E-state index contributed by atoms with van der Waals surface area (Å²) in [4.78, 5) is 32.9. The van der Waals surface area contributed by atoms with Crippen LogP contribution < -0.4 is 15.1 Å². The normalized spacial score (nSPS) is 12.7. The van der Waals surface area contributed by atoms with E-state index >= 15 is 4.79 Å². The summed E-state index contributed by atoms with van der Waals surface area (Å²) in [5.74, 6) is -0.0709. The fourth-order valence-electron chi connectivity index (χ4n) is 19.1. The molecule has 1 N–H and O–H groups in total. The maximum atomic E-state index is 15.6. The SMILES string of the molecule is CC(C)(C)c1ccc(N(c2ccc3c(c2)C(=O)c2cc(N(c4ccc(C(C)(C)C)cc4)c4ccc5oc6cc7ccccc7cc6c5c4)c4c(oc5ccccc54)c2-3)c2ccc3oc4cc5ccccc5cc4c3c2)cc1.CC(C)(C)c1ccc(Nc2ccc3oc4cc5ccccc5cc4c3c2)cc1.O=C1c2cc(Cl)ccc2-c2c1cc(Br)c1c2oc2ccccc21. The number of carbonyl (C=O) groups excluding carboxylic acids is 2. The van der Waals surface area contributed by atoms with Crippen LogP contribution in [0, 0.1) is 0 Å². The number of ketones is 2. The Bertz CT molecular complexity index is 8620. The minimum atomic E-state index is -0.0576. The highest BCUT2D eigenvalue weighted by Gasteiger charge is 2.37. The highest BCUT2D eigenvalue weighted by atomic mass is 79.9. The number of nitrogens with one attached hydrogen (secondary N) is 1. The summed E-state index contributed by atoms with van der Waals surface area (Å²) in [6.07, 6.45) is 0. The number of hydrogen-bond acceptors (Lipinski definition) is 10. The molecule has 618 valence electrons. The molecule has 0 bridgehead atoms. The number of fused-ring (bicyclic) bond motifs is 26. The molecule has 18 aromatic carbocycles. The average Bonchev–Trinajstić information content (AvgIpc) is 1.55. The lowest BCUT2D eigenvalue weighted by molar-refractivity contribution is 0.103. The highest BCUT2D eigenvalue weighted by Crippen LogP contribution is 2.55. The first-order valence-electron chi connectivity index (χ1n) is 43.3. The Morgan fingerprint density at radius 2 is 0.625 bits per heavy atom. The van der Waals surface area contributed by atoms with E-state index in [0.717, 1.165) is 198 Å². The number of nitrogens with zero attached hydrogens (tertiary/aromatic N) is 2. The summed E-state index contributed by atoms with van der Waals surface area (Å²) < 4.78 is 33.1. The van der Waals surface area contributed by atoms with Gasteiger partial charge in [0, 0.05) is 131 Å². The molecule has 0 amide bonds. The minimum absolute atomic E-state index is 0.0134. The van der Waals surface area contributed by atoms with Crippen molar-refractivity contribution in [2.75, 3.05) is 15.1 Å². The molecule has 2 aliphatic rings. The van der Waals surface area contributed by atoms with E-state index in [0.29, 0.717) is 32.9 Å². The number of benzene rings is 18. The molecule has 12 heteroatoms. The van der Waals surface area contributed by atoms with E-state index in [1.165, 1.54) is 27.5 Å². The Kier molecular flexibility index (Phi) is 17.9. The lowest BCUT2D eigenvalue weighted by Crippen LogP contribution is -2.14. The maximum absolute atomic E-state index is 15.6. The Morgan fingerprint density at radius 3 is 1.12 bits per heavy atom. The number of furan rings is 5. The molecule has 0 aliphatic heterocycles. The molecule has 25 rings (SSSR count). The van der Waals surface area contributed by atoms with Crippen LogP contribution in [0.1, 0.15) is 111 Å². The van der Waals surface area contributed by atoms with E-state index in [1.807, 2.05) is 54.6 Å². The zero-order chi connectivity index (χ0) is 87.1. The third-order valence-electron chi connectivity index (χ3n) is 25.8. The molecule has 5 aromatic heterocycles. The van der Waals surface area contributed by atoms with Crippen molar-refractivity contribution in [3.8, 4) is 22.3 Å². The standard InChI is InChI=1S/C71H52N2O4.C26H23NO.C19H8BrClO2/c1-70(2,3)45-19-23-47(24-20-45)72(50-28-31-62-56(37-50)54-33-41-13-7-9-15-43(41)35-64(54)75-62)49-27-30-52-58(39-49)68(74)59-40-60(67-53-17-11-12-18-61(53)77-69(67)66(52)59)73(48-25-21-46(22-26-48)71(4,5)6)51-29-32-63-57(38-51)55-34-42-14-8-10-16-44(42)36-65(55)76-63;1-26(2,3)19-8-10-20(11-9-19)27-21-12-13-24-23(16-21)22-14-17-6-4-5-7-18(17)15-25(22)28-24;20-14-8-13-16(10-6-5-9(21)7-12(10)18(13)22)19-17(14)11-3-1-2-4-15(11)23-19/h7-40H,1-6H3;4-16,27H,1-3H3;1-8H. The summed E-state index contributed by atoms with van der Waals surface area (Å²) >= 11 is 9.66. The molecule has 5 heterocycles. The van der Waals surface area contributed by atoms with Gasteiger partial charge in [0.25, 0.3) is 0 Å². The molecule has 0 radical (unpaired) electrons. The first-order valence-corrected chi connectivity index (χ1v) is 44.5. The first-order chi connectivity index (χ1) is 61.9. The number of para-hydroxylation sites is 2. The molecule has 0 fully saturated rings. The van der Waals surface area contributed by atoms with Crippen LogP contribution in [0.2, 0.25) is 5.02 Å². The second-order valence-corrected chi connectivity index (χ2v) is 38.3. The van der Waals surface area contributed by atoms with Crippen molar-refractivity contribution < 1.29 is 31.7 Å². The lowest BCUT2D eigenvalue weighted by atomic mass is 9.87. The van der Waals surface area contributed by atoms with Gasteiger partial charge in [0.05, 0.1) is 11.1 Å². The van der Waals surface area contributed by atoms with Gasteiger partial charge in [-0.15, -0.1) is 0 Å². The van der Waals surface area contributed by atoms with Crippen LogP contribution in [-0.2, 0) is 16.2 Å². The molecule has 2 aliphatic carbocycles. The molecule has 0 unspecified atom stereocenters. The number of hydrogen-bond donors (Lipinski definition) is 1. The van der Waals surface area contributed by atoms with Crippen LogP contribution in [-0.4, -0.2) is 11.6 Å². The fourth-order valence-corrected chi connectivity index (χ4v) is 19.9. The van der Waals surface area contributed by atoms with E-state index in [9.17, 15) is 4.79 Å². The van der Waals surface area contributed by atoms with Crippen molar-refractivity contribution >= 4 is 227 Å². The van der Waals surface area contributed by atoms with Crippen molar-refractivity contribution in [1.82, 2.24) is 0 Å². The molecule has 10 nitrogen and oxygen atoms in total. The zero-order valence-electron chi connectivity index (χ0n) is 71.8. The molecule has 0 spiro atoms. The third-order valence-corrected chi connectivity index (χ3v) is 26.6. The molecular formula is C116H83BrClN3O7. The van der Waals surface area contributed by atoms with Crippen LogP contribution in [0.4, 0.5) is 45.5 Å². The summed E-state index contributed by atoms with van der Waals surface area (Å²) in [7, 11) is 0. The van der Waals surface area contributed by atoms with Gasteiger partial charge in [-0.3, -0.25) is 9.59 Å². The second-order valence-electron chi connectivity index (χ2n) is 37.0. The molecular weight excluding hydrogens is 1660 g/mol. The van der Waals surface area contributed by atoms with Gasteiger partial charge < -0.3 is 37.2 Å². The second kappa shape index (κ2) is 29.4. The van der Waals surface area contributed by atoms with Crippen molar-refractivity contribution in [2.45, 2.75) is 78.6 Å². The fraction of sp³-hybridized carbons (Fsp3) is 0.103. The van der Waals surface area contributed by atoms with Gasteiger partial charge in [-0.25, -0.2) is 0 Å². The van der Waals surface area contributed by atoms with Crippen molar-refractivity contribution in [3.63, 3.8) is 0 Å². The minimum Gasteiger partial charge on any atom is -0.456 e. The quantitative estimate of drug-likeness (QED) is 0.158. The van der Waals surface area contributed by atoms with Crippen LogP contribution >= 0.6 is 27.5 Å². The Morgan fingerprint density at radius 1 is 0.273 bits per heavy atom. The predicted octanol–water partition coefficient (Wildman–Crippen LogP) is 34.4. The summed E-state index contributed by atoms with van der Waals surface area (Å²) in [6.45, 7) is 20.1. The van der Waals surface area contributed by atoms with Gasteiger partial charge in [0.1, 0.15) is 55.8 Å². The average molecular weight is 1750 g/mol. The van der Waals surface area contributed by atoms with Gasteiger partial charge in [-0.05, 0) is 268 Å². The number of carbonyl (C=O) groups is 2. The smallest absolute Gasteiger partial charge is 0.194 e. The van der Waals surface area contributed by atoms with Crippen LogP contribution in [0.25, 0.3) is 164 Å². The molecule has 0 atom stereocenters. The van der Waals surface area contributed by atoms with Gasteiger partial charge in [-0.2, -0.15) is 0 Å². The Balaban J connectivity index is 0.000000148. The predicted molar refractivity (Wildman–Crippen MR) is 534 cm³/mol. The summed E-state index contributed by atoms with van der Waals surface area (Å²) in [5.41, 5.74) is 25.6. The maximum Gasteiger partial charge on any atom is 0.194 e. The van der Waals surface area contributed by atoms with Gasteiger partial charge >= 0.3 is 0 Å². The molecule has 23 aromatic rings. The van der Waals surface area contributed by atoms with Crippen molar-refractivity contribution in [2.24, 2.45) is 0 Å². The van der Waals surface area contributed by atoms with Crippen LogP contribution in [0.15, 0.2) is 360 Å². The van der Waals surface area contributed by atoms with Crippen LogP contribution in [0.3, 0.4) is 0 Å². The zero-order valence-corrected chi connectivity index (χ0v) is 74.1. The van der Waals surface area contributed by atoms with E-state index in [1.54, 1.807) is 12.1 Å². The topological polar surface area (TPSA) is 118 Å². The first kappa shape index (κ1) is 78.0. The number of halogens is 2. The molecule has 0 saturated heterocycles. The third kappa shape index (κ3) is 13.1.